The molecule has 3 rings (SSSR count). The number of rotatable bonds is 1. The molecule has 1 aliphatic rings. The topological polar surface area (TPSA) is 40.5 Å². The molecule has 20 heavy (non-hydrogen) atoms. The van der Waals surface area contributed by atoms with E-state index in [1.54, 1.807) is 6.07 Å². The van der Waals surface area contributed by atoms with Crippen LogP contribution < -0.4 is 0 Å². The van der Waals surface area contributed by atoms with E-state index in [4.69, 9.17) is 0 Å². The molecule has 104 valence electrons. The molecule has 1 N–H and O–H groups in total. The molecule has 0 radical (unpaired) electrons. The predicted molar refractivity (Wildman–Crippen MR) is 80.0 cm³/mol. The van der Waals surface area contributed by atoms with Crippen LogP contribution in [0.5, 0.6) is 5.75 Å². The maximum Gasteiger partial charge on any atom is 0.257 e. The smallest absolute Gasteiger partial charge is 0.257 e. The van der Waals surface area contributed by atoms with Crippen molar-refractivity contribution in [1.29, 1.82) is 0 Å². The Labute approximate surface area is 118 Å². The Balaban J connectivity index is 2.01. The number of aromatic hydroxyl groups is 1. The first-order valence-electron chi connectivity index (χ1n) is 7.20. The average Bonchev–Trinajstić information content (AvgIpc) is 2.48. The third-order valence-corrected chi connectivity index (χ3v) is 4.19. The molecule has 1 aliphatic heterocycles. The highest BCUT2D eigenvalue weighted by molar-refractivity contribution is 6.03. The molecule has 1 atom stereocenters. The molecule has 2 aromatic rings. The van der Waals surface area contributed by atoms with Gasteiger partial charge in [0.25, 0.3) is 5.91 Å². The monoisotopic (exact) mass is 269 g/mol. The van der Waals surface area contributed by atoms with E-state index in [-0.39, 0.29) is 17.7 Å². The normalized spacial score (nSPS) is 19.2. The molecule has 1 unspecified atom stereocenters. The van der Waals surface area contributed by atoms with Crippen LogP contribution in [0.4, 0.5) is 0 Å². The number of nitrogens with zero attached hydrogens (tertiary/aromatic N) is 1. The number of likely N-dealkylation sites (tertiary alicyclic amines) is 1. The molecule has 0 aromatic heterocycles. The first-order valence-corrected chi connectivity index (χ1v) is 7.20. The van der Waals surface area contributed by atoms with E-state index in [1.165, 1.54) is 6.42 Å². The van der Waals surface area contributed by atoms with E-state index < -0.39 is 0 Å². The fourth-order valence-corrected chi connectivity index (χ4v) is 2.98. The molecule has 0 bridgehead atoms. The number of carbonyl (C=O) groups excluding carboxylic acids is 1. The minimum absolute atomic E-state index is 0.0551. The van der Waals surface area contributed by atoms with E-state index in [2.05, 4.69) is 6.92 Å². The van der Waals surface area contributed by atoms with Crippen LogP contribution in [0.2, 0.25) is 0 Å². The van der Waals surface area contributed by atoms with Crippen molar-refractivity contribution in [2.24, 2.45) is 0 Å². The second-order valence-corrected chi connectivity index (χ2v) is 5.53. The first-order chi connectivity index (χ1) is 9.68. The average molecular weight is 269 g/mol. The summed E-state index contributed by atoms with van der Waals surface area (Å²) in [4.78, 5) is 14.5. The van der Waals surface area contributed by atoms with Crippen molar-refractivity contribution in [3.63, 3.8) is 0 Å². The van der Waals surface area contributed by atoms with Gasteiger partial charge in [0.05, 0.1) is 5.56 Å². The number of phenolic OH excluding ortho intramolecular Hbond substituents is 1. The zero-order valence-electron chi connectivity index (χ0n) is 11.7. The first kappa shape index (κ1) is 13.0. The lowest BCUT2D eigenvalue weighted by molar-refractivity contribution is 0.0633. The molecular formula is C17H19NO2. The molecule has 0 spiro atoms. The van der Waals surface area contributed by atoms with Gasteiger partial charge < -0.3 is 10.0 Å². The van der Waals surface area contributed by atoms with Crippen molar-refractivity contribution in [1.82, 2.24) is 4.90 Å². The summed E-state index contributed by atoms with van der Waals surface area (Å²) < 4.78 is 0. The fourth-order valence-electron chi connectivity index (χ4n) is 2.98. The van der Waals surface area contributed by atoms with Gasteiger partial charge in [-0.2, -0.15) is 0 Å². The maximum atomic E-state index is 12.6. The highest BCUT2D eigenvalue weighted by Gasteiger charge is 2.26. The van der Waals surface area contributed by atoms with Gasteiger partial charge in [-0.15, -0.1) is 0 Å². The van der Waals surface area contributed by atoms with Crippen LogP contribution in [0.25, 0.3) is 10.8 Å². The van der Waals surface area contributed by atoms with Crippen LogP contribution in [0.1, 0.15) is 36.5 Å². The lowest BCUT2D eigenvalue weighted by atomic mass is 10.00. The van der Waals surface area contributed by atoms with Crippen LogP contribution >= 0.6 is 0 Å². The highest BCUT2D eigenvalue weighted by Crippen LogP contribution is 2.30. The zero-order chi connectivity index (χ0) is 14.1. The van der Waals surface area contributed by atoms with Crippen molar-refractivity contribution < 1.29 is 9.90 Å². The van der Waals surface area contributed by atoms with Gasteiger partial charge in [-0.3, -0.25) is 4.79 Å². The van der Waals surface area contributed by atoms with Gasteiger partial charge >= 0.3 is 0 Å². The van der Waals surface area contributed by atoms with Crippen molar-refractivity contribution in [3.05, 3.63) is 42.0 Å². The minimum Gasteiger partial charge on any atom is -0.506 e. The zero-order valence-corrected chi connectivity index (χ0v) is 11.7. The summed E-state index contributed by atoms with van der Waals surface area (Å²) in [7, 11) is 0. The molecule has 1 amide bonds. The van der Waals surface area contributed by atoms with Crippen molar-refractivity contribution >= 4 is 16.7 Å². The predicted octanol–water partition coefficient (Wildman–Crippen LogP) is 3.56. The molecule has 1 heterocycles. The number of hydrogen-bond acceptors (Lipinski definition) is 2. The summed E-state index contributed by atoms with van der Waals surface area (Å²) in [6.45, 7) is 2.86. The Morgan fingerprint density at radius 3 is 2.80 bits per heavy atom. The Morgan fingerprint density at radius 1 is 1.20 bits per heavy atom. The van der Waals surface area contributed by atoms with Crippen molar-refractivity contribution in [3.8, 4) is 5.75 Å². The number of benzene rings is 2. The second-order valence-electron chi connectivity index (χ2n) is 5.53. The van der Waals surface area contributed by atoms with E-state index in [1.807, 2.05) is 35.2 Å². The summed E-state index contributed by atoms with van der Waals surface area (Å²) in [5, 5.41) is 12.1. The van der Waals surface area contributed by atoms with Gasteiger partial charge in [-0.25, -0.2) is 0 Å². The van der Waals surface area contributed by atoms with E-state index in [9.17, 15) is 9.90 Å². The van der Waals surface area contributed by atoms with Gasteiger partial charge in [0.1, 0.15) is 5.75 Å². The van der Waals surface area contributed by atoms with Crippen LogP contribution in [0.3, 0.4) is 0 Å². The van der Waals surface area contributed by atoms with Gasteiger partial charge in [-0.1, -0.05) is 30.3 Å². The Morgan fingerprint density at radius 2 is 2.00 bits per heavy atom. The quantitative estimate of drug-likeness (QED) is 0.860. The Kier molecular flexibility index (Phi) is 3.35. The van der Waals surface area contributed by atoms with Gasteiger partial charge in [-0.05, 0) is 37.6 Å². The van der Waals surface area contributed by atoms with Gasteiger partial charge in [0.2, 0.25) is 0 Å². The number of fused-ring (bicyclic) bond motifs is 1. The SMILES string of the molecule is CC1CCCCN1C(=O)c1ccc2ccccc2c1O. The lowest BCUT2D eigenvalue weighted by Gasteiger charge is -2.33. The van der Waals surface area contributed by atoms with Crippen molar-refractivity contribution in [2.75, 3.05) is 6.54 Å². The second kappa shape index (κ2) is 5.16. The third kappa shape index (κ3) is 2.13. The molecule has 2 aromatic carbocycles. The molecule has 0 saturated carbocycles. The van der Waals surface area contributed by atoms with Crippen LogP contribution in [0, 0.1) is 0 Å². The standard InChI is InChI=1S/C17H19NO2/c1-12-6-4-5-11-18(12)17(20)15-10-9-13-7-2-3-8-14(13)16(15)19/h2-3,7-10,12,19H,4-6,11H2,1H3. The molecule has 3 nitrogen and oxygen atoms in total. The lowest BCUT2D eigenvalue weighted by Crippen LogP contribution is -2.42. The molecule has 1 saturated heterocycles. The summed E-state index contributed by atoms with van der Waals surface area (Å²) in [6, 6.07) is 11.5. The van der Waals surface area contributed by atoms with Crippen molar-refractivity contribution in [2.45, 2.75) is 32.2 Å². The van der Waals surface area contributed by atoms with Gasteiger partial charge in [0, 0.05) is 18.0 Å². The highest BCUT2D eigenvalue weighted by atomic mass is 16.3. The molecule has 3 heteroatoms. The number of carbonyl (C=O) groups is 1. The summed E-state index contributed by atoms with van der Waals surface area (Å²) in [5.74, 6) is 0.0475. The summed E-state index contributed by atoms with van der Waals surface area (Å²) in [5.41, 5.74) is 0.414. The summed E-state index contributed by atoms with van der Waals surface area (Å²) >= 11 is 0. The van der Waals surface area contributed by atoms with Crippen LogP contribution in [0.15, 0.2) is 36.4 Å². The largest absolute Gasteiger partial charge is 0.506 e. The summed E-state index contributed by atoms with van der Waals surface area (Å²) in [6.07, 6.45) is 3.26. The number of piperidine rings is 1. The molecule has 1 fully saturated rings. The fraction of sp³-hybridized carbons (Fsp3) is 0.353. The van der Waals surface area contributed by atoms with Crippen LogP contribution in [-0.4, -0.2) is 28.5 Å². The Hall–Kier alpha value is -2.03. The van der Waals surface area contributed by atoms with E-state index in [0.29, 0.717) is 5.56 Å². The van der Waals surface area contributed by atoms with E-state index >= 15 is 0 Å². The number of hydrogen-bond donors (Lipinski definition) is 1. The molecular weight excluding hydrogens is 250 g/mol. The van der Waals surface area contributed by atoms with E-state index in [0.717, 1.165) is 30.2 Å². The minimum atomic E-state index is -0.0551. The number of phenols is 1. The Bertz CT molecular complexity index is 650. The number of amides is 1. The van der Waals surface area contributed by atoms with Gasteiger partial charge in [0.15, 0.2) is 0 Å². The maximum absolute atomic E-state index is 12.6. The third-order valence-electron chi connectivity index (χ3n) is 4.19. The van der Waals surface area contributed by atoms with Crippen LogP contribution in [-0.2, 0) is 0 Å². The molecule has 0 aliphatic carbocycles.